The Bertz CT molecular complexity index is 1410. The molecule has 0 radical (unpaired) electrons. The quantitative estimate of drug-likeness (QED) is 0.418. The highest BCUT2D eigenvalue weighted by molar-refractivity contribution is 7.20. The molecule has 0 atom stereocenters. The van der Waals surface area contributed by atoms with Gasteiger partial charge in [0, 0.05) is 12.4 Å². The molecule has 7 nitrogen and oxygen atoms in total. The molecule has 148 valence electrons. The van der Waals surface area contributed by atoms with Gasteiger partial charge >= 0.3 is 5.97 Å². The second-order valence-corrected chi connectivity index (χ2v) is 7.81. The summed E-state index contributed by atoms with van der Waals surface area (Å²) in [5.74, 6) is -0.565. The van der Waals surface area contributed by atoms with E-state index in [1.807, 2.05) is 55.5 Å². The topological polar surface area (TPSA) is 79.0 Å². The molecule has 0 aliphatic carbocycles. The number of fused-ring (bicyclic) bond motifs is 2. The van der Waals surface area contributed by atoms with Crippen molar-refractivity contribution in [1.29, 1.82) is 0 Å². The fraction of sp³-hybridized carbons (Fsp3) is 0.0909. The summed E-state index contributed by atoms with van der Waals surface area (Å²) in [4.78, 5) is 30.3. The number of thiazole rings is 1. The van der Waals surface area contributed by atoms with Crippen LogP contribution in [0.2, 0.25) is 0 Å². The van der Waals surface area contributed by atoms with Crippen LogP contribution >= 0.6 is 11.3 Å². The minimum Gasteiger partial charge on any atom is -0.465 e. The highest BCUT2D eigenvalue weighted by Gasteiger charge is 2.26. The maximum atomic E-state index is 13.2. The first kappa shape index (κ1) is 18.3. The van der Waals surface area contributed by atoms with E-state index in [-0.39, 0.29) is 11.1 Å². The molecule has 5 rings (SSSR count). The third-order valence-electron chi connectivity index (χ3n) is 4.92. The number of benzene rings is 2. The molecule has 30 heavy (non-hydrogen) atoms. The van der Waals surface area contributed by atoms with Gasteiger partial charge in [-0.3, -0.25) is 9.36 Å². The summed E-state index contributed by atoms with van der Waals surface area (Å²) in [6.45, 7) is 1.91. The lowest BCUT2D eigenvalue weighted by Crippen LogP contribution is -2.16. The smallest absolute Gasteiger partial charge is 0.341 e. The number of aryl methyl sites for hydroxylation is 1. The minimum atomic E-state index is -0.565. The van der Waals surface area contributed by atoms with Crippen LogP contribution in [0.15, 0.2) is 65.7 Å². The molecule has 0 amide bonds. The Morgan fingerprint density at radius 3 is 2.60 bits per heavy atom. The molecule has 0 unspecified atom stereocenters. The zero-order chi connectivity index (χ0) is 20.8. The van der Waals surface area contributed by atoms with Crippen molar-refractivity contribution in [2.24, 2.45) is 0 Å². The van der Waals surface area contributed by atoms with E-state index in [9.17, 15) is 9.59 Å². The highest BCUT2D eigenvalue weighted by atomic mass is 32.1. The molecule has 0 N–H and O–H groups in total. The molecule has 1 aromatic heterocycles. The molecule has 3 heterocycles. The number of carbonyl (C=O) groups excluding carboxylic acids is 1. The molecular formula is C22H16N4O3S. The average molecular weight is 416 g/mol. The number of carbonyl (C=O) groups is 1. The summed E-state index contributed by atoms with van der Waals surface area (Å²) in [7, 11) is 1.31. The Balaban J connectivity index is 1.79. The van der Waals surface area contributed by atoms with Gasteiger partial charge in [0.1, 0.15) is 11.3 Å². The monoisotopic (exact) mass is 416 g/mol. The molecule has 8 heteroatoms. The van der Waals surface area contributed by atoms with E-state index in [0.29, 0.717) is 22.1 Å². The molecule has 2 aliphatic rings. The van der Waals surface area contributed by atoms with Crippen LogP contribution in [0.4, 0.5) is 0 Å². The number of aromatic nitrogens is 4. The van der Waals surface area contributed by atoms with Crippen LogP contribution in [0, 0.1) is 6.92 Å². The van der Waals surface area contributed by atoms with Crippen molar-refractivity contribution in [2.45, 2.75) is 6.92 Å². The zero-order valence-corrected chi connectivity index (χ0v) is 17.0. The van der Waals surface area contributed by atoms with Gasteiger partial charge in [-0.25, -0.2) is 9.78 Å². The van der Waals surface area contributed by atoms with E-state index in [0.717, 1.165) is 15.8 Å². The Labute approximate surface area is 175 Å². The third-order valence-corrected chi connectivity index (χ3v) is 5.97. The Morgan fingerprint density at radius 1 is 1.07 bits per heavy atom. The van der Waals surface area contributed by atoms with Crippen molar-refractivity contribution in [2.75, 3.05) is 7.11 Å². The van der Waals surface area contributed by atoms with Gasteiger partial charge in [-0.05, 0) is 30.7 Å². The summed E-state index contributed by atoms with van der Waals surface area (Å²) in [6.07, 6.45) is 3.28. The van der Waals surface area contributed by atoms with Gasteiger partial charge in [0.25, 0.3) is 5.56 Å². The number of para-hydroxylation sites is 2. The van der Waals surface area contributed by atoms with E-state index in [1.165, 1.54) is 23.1 Å². The van der Waals surface area contributed by atoms with Crippen molar-refractivity contribution in [1.82, 2.24) is 19.3 Å². The van der Waals surface area contributed by atoms with E-state index >= 15 is 0 Å². The van der Waals surface area contributed by atoms with Crippen LogP contribution in [0.25, 0.3) is 32.3 Å². The standard InChI is InChI=1S/C22H16N4O3S/c1-13-7-3-5-9-17(13)26-20(27)14-11-25(12-15(19(14)24-26)21(28)29-2)22-23-16-8-4-6-10-18(16)30-22/h3-12H,1-2H3. The fourth-order valence-electron chi connectivity index (χ4n) is 3.41. The molecule has 2 aliphatic heterocycles. The van der Waals surface area contributed by atoms with Crippen LogP contribution < -0.4 is 5.56 Å². The van der Waals surface area contributed by atoms with Gasteiger partial charge < -0.3 is 4.74 Å². The predicted molar refractivity (Wildman–Crippen MR) is 115 cm³/mol. The molecule has 0 saturated carbocycles. The minimum absolute atomic E-state index is 0.207. The molecule has 0 bridgehead atoms. The van der Waals surface area contributed by atoms with E-state index in [2.05, 4.69) is 10.1 Å². The molecule has 0 saturated heterocycles. The first-order chi connectivity index (χ1) is 14.6. The number of methoxy groups -OCH3 is 1. The Kier molecular flexibility index (Phi) is 4.22. The number of nitrogens with zero attached hydrogens (tertiary/aromatic N) is 4. The van der Waals surface area contributed by atoms with Crippen molar-refractivity contribution < 1.29 is 9.53 Å². The van der Waals surface area contributed by atoms with Crippen molar-refractivity contribution in [3.63, 3.8) is 0 Å². The number of ether oxygens (including phenoxy) is 1. The van der Waals surface area contributed by atoms with Gasteiger partial charge in [-0.1, -0.05) is 41.7 Å². The largest absolute Gasteiger partial charge is 0.465 e. The number of pyridine rings is 1. The van der Waals surface area contributed by atoms with Crippen LogP contribution in [0.5, 0.6) is 0 Å². The second-order valence-electron chi connectivity index (χ2n) is 6.80. The first-order valence-electron chi connectivity index (χ1n) is 9.22. The lowest BCUT2D eigenvalue weighted by molar-refractivity contribution is 0.0600. The van der Waals surface area contributed by atoms with Gasteiger partial charge in [-0.2, -0.15) is 9.78 Å². The summed E-state index contributed by atoms with van der Waals surface area (Å²) in [5.41, 5.74) is 2.94. The van der Waals surface area contributed by atoms with Gasteiger partial charge in [-0.15, -0.1) is 0 Å². The van der Waals surface area contributed by atoms with Gasteiger partial charge in [0.2, 0.25) is 0 Å². The first-order valence-corrected chi connectivity index (χ1v) is 10.0. The van der Waals surface area contributed by atoms with Crippen molar-refractivity contribution in [3.05, 3.63) is 82.4 Å². The van der Waals surface area contributed by atoms with Crippen molar-refractivity contribution in [3.8, 4) is 22.1 Å². The number of rotatable bonds is 3. The lowest BCUT2D eigenvalue weighted by Gasteiger charge is -2.08. The second kappa shape index (κ2) is 6.93. The molecular weight excluding hydrogens is 400 g/mol. The van der Waals surface area contributed by atoms with E-state index < -0.39 is 5.97 Å². The summed E-state index contributed by atoms with van der Waals surface area (Å²) >= 11 is 1.47. The molecule has 2 aromatic carbocycles. The molecule has 0 fully saturated rings. The summed E-state index contributed by atoms with van der Waals surface area (Å²) in [5, 5.41) is 5.11. The number of hydrogen-bond acceptors (Lipinski definition) is 6. The van der Waals surface area contributed by atoms with Gasteiger partial charge in [0.15, 0.2) is 5.13 Å². The normalized spacial score (nSPS) is 11.3. The Morgan fingerprint density at radius 2 is 1.83 bits per heavy atom. The van der Waals surface area contributed by atoms with Crippen LogP contribution in [0.1, 0.15) is 15.9 Å². The summed E-state index contributed by atoms with van der Waals surface area (Å²) < 4.78 is 8.98. The predicted octanol–water partition coefficient (Wildman–Crippen LogP) is 3.83. The molecule has 3 aromatic rings. The molecule has 0 spiro atoms. The third kappa shape index (κ3) is 2.81. The number of hydrogen-bond donors (Lipinski definition) is 0. The van der Waals surface area contributed by atoms with E-state index in [4.69, 9.17) is 4.74 Å². The summed E-state index contributed by atoms with van der Waals surface area (Å²) in [6, 6.07) is 15.2. The van der Waals surface area contributed by atoms with Crippen LogP contribution in [-0.4, -0.2) is 32.4 Å². The van der Waals surface area contributed by atoms with Crippen LogP contribution in [0.3, 0.4) is 0 Å². The van der Waals surface area contributed by atoms with Crippen molar-refractivity contribution >= 4 is 27.5 Å². The zero-order valence-electron chi connectivity index (χ0n) is 16.2. The maximum Gasteiger partial charge on any atom is 0.341 e. The highest BCUT2D eigenvalue weighted by Crippen LogP contribution is 2.29. The number of esters is 1. The van der Waals surface area contributed by atoms with E-state index in [1.54, 1.807) is 17.0 Å². The lowest BCUT2D eigenvalue weighted by atomic mass is 10.1. The van der Waals surface area contributed by atoms with Gasteiger partial charge in [0.05, 0.1) is 28.6 Å². The SMILES string of the molecule is COC(=O)c1cn(-c2nc3ccccc3s2)cc2c(=O)n(-c3ccccc3C)nc1-2. The maximum absolute atomic E-state index is 13.2. The van der Waals surface area contributed by atoms with Crippen LogP contribution in [-0.2, 0) is 4.74 Å². The average Bonchev–Trinajstić information content (AvgIpc) is 3.34. The fourth-order valence-corrected chi connectivity index (χ4v) is 4.33. The Hall–Kier alpha value is -3.78.